The molecule has 82 valence electrons. The highest BCUT2D eigenvalue weighted by atomic mass is 79.9. The Labute approximate surface area is 104 Å². The molecule has 2 rings (SSSR count). The number of hydrogen-bond donors (Lipinski definition) is 1. The van der Waals surface area contributed by atoms with Gasteiger partial charge in [0.05, 0.1) is 4.47 Å². The van der Waals surface area contributed by atoms with Crippen molar-refractivity contribution >= 4 is 28.1 Å². The Morgan fingerprint density at radius 2 is 2.20 bits per heavy atom. The van der Waals surface area contributed by atoms with E-state index in [-0.39, 0.29) is 0 Å². The Morgan fingerprint density at radius 3 is 2.73 bits per heavy atom. The first kappa shape index (κ1) is 11.3. The lowest BCUT2D eigenvalue weighted by Crippen LogP contribution is -2.04. The molecule has 0 atom stereocenters. The minimum atomic E-state index is 0.626. The van der Waals surface area contributed by atoms with Crippen LogP contribution in [-0.4, -0.2) is 9.97 Å². The zero-order valence-electron chi connectivity index (χ0n) is 9.01. The molecule has 1 aliphatic rings. The Kier molecular flexibility index (Phi) is 3.26. The van der Waals surface area contributed by atoms with Crippen LogP contribution in [0.25, 0.3) is 0 Å². The molecule has 1 fully saturated rings. The van der Waals surface area contributed by atoms with Crippen LogP contribution in [0.5, 0.6) is 0 Å². The number of aromatic amines is 1. The molecule has 0 aromatic carbocycles. The van der Waals surface area contributed by atoms with Gasteiger partial charge in [-0.25, -0.2) is 4.98 Å². The molecule has 1 N–H and O–H groups in total. The van der Waals surface area contributed by atoms with Crippen LogP contribution in [-0.2, 0) is 6.42 Å². The van der Waals surface area contributed by atoms with Gasteiger partial charge in [-0.05, 0) is 41.1 Å². The van der Waals surface area contributed by atoms with E-state index in [1.165, 1.54) is 18.5 Å². The molecular weight excluding hydrogens is 272 g/mol. The summed E-state index contributed by atoms with van der Waals surface area (Å²) in [6, 6.07) is 0. The second-order valence-electron chi connectivity index (χ2n) is 4.59. The van der Waals surface area contributed by atoms with Crippen molar-refractivity contribution in [1.82, 2.24) is 9.97 Å². The highest BCUT2D eigenvalue weighted by Crippen LogP contribution is 2.38. The number of rotatable bonds is 3. The third-order valence-corrected chi connectivity index (χ3v) is 3.94. The van der Waals surface area contributed by atoms with E-state index in [9.17, 15) is 0 Å². The fourth-order valence-electron chi connectivity index (χ4n) is 1.62. The molecule has 1 heterocycles. The average Bonchev–Trinajstić information content (AvgIpc) is 2.94. The summed E-state index contributed by atoms with van der Waals surface area (Å²) in [7, 11) is 0. The number of halogens is 1. The van der Waals surface area contributed by atoms with Crippen LogP contribution < -0.4 is 0 Å². The number of nitrogens with zero attached hydrogens (tertiary/aromatic N) is 1. The van der Waals surface area contributed by atoms with Gasteiger partial charge in [-0.2, -0.15) is 0 Å². The van der Waals surface area contributed by atoms with E-state index >= 15 is 0 Å². The maximum Gasteiger partial charge on any atom is 0.144 e. The number of hydrogen-bond acceptors (Lipinski definition) is 2. The molecular formula is C11H15BrN2S. The molecule has 15 heavy (non-hydrogen) atoms. The van der Waals surface area contributed by atoms with E-state index in [0.29, 0.717) is 16.5 Å². The summed E-state index contributed by atoms with van der Waals surface area (Å²) in [6.07, 6.45) is 3.52. The van der Waals surface area contributed by atoms with Gasteiger partial charge in [-0.3, -0.25) is 0 Å². The van der Waals surface area contributed by atoms with Crippen molar-refractivity contribution in [1.29, 1.82) is 0 Å². The molecule has 0 saturated heterocycles. The predicted molar refractivity (Wildman–Crippen MR) is 67.6 cm³/mol. The van der Waals surface area contributed by atoms with Crippen molar-refractivity contribution in [2.75, 3.05) is 0 Å². The van der Waals surface area contributed by atoms with Crippen LogP contribution in [0.15, 0.2) is 4.47 Å². The molecule has 0 aliphatic heterocycles. The van der Waals surface area contributed by atoms with E-state index in [0.717, 1.165) is 16.7 Å². The van der Waals surface area contributed by atoms with Gasteiger partial charge >= 0.3 is 0 Å². The normalized spacial score (nSPS) is 16.0. The summed E-state index contributed by atoms with van der Waals surface area (Å²) in [5, 5.41) is 0. The molecule has 0 unspecified atom stereocenters. The first-order valence-corrected chi connectivity index (χ1v) is 6.56. The minimum absolute atomic E-state index is 0.626. The minimum Gasteiger partial charge on any atom is -0.346 e. The lowest BCUT2D eigenvalue weighted by molar-refractivity contribution is 0.627. The zero-order valence-corrected chi connectivity index (χ0v) is 11.4. The predicted octanol–water partition coefficient (Wildman–Crippen LogP) is 3.98. The molecule has 0 amide bonds. The van der Waals surface area contributed by atoms with Crippen molar-refractivity contribution in [2.45, 2.75) is 39.0 Å². The fourth-order valence-corrected chi connectivity index (χ4v) is 2.20. The van der Waals surface area contributed by atoms with E-state index in [1.807, 2.05) is 0 Å². The van der Waals surface area contributed by atoms with Crippen LogP contribution in [0.4, 0.5) is 0 Å². The Bertz CT molecular complexity index is 421. The average molecular weight is 287 g/mol. The van der Waals surface area contributed by atoms with Crippen molar-refractivity contribution in [3.63, 3.8) is 0 Å². The lowest BCUT2D eigenvalue weighted by Gasteiger charge is -2.09. The second-order valence-corrected chi connectivity index (χ2v) is 5.77. The van der Waals surface area contributed by atoms with Gasteiger partial charge in [-0.15, -0.1) is 0 Å². The number of nitrogens with one attached hydrogen (secondary N) is 1. The molecule has 0 radical (unpaired) electrons. The molecule has 1 saturated carbocycles. The molecule has 4 heteroatoms. The van der Waals surface area contributed by atoms with E-state index in [1.54, 1.807) is 0 Å². The molecule has 0 spiro atoms. The first-order chi connectivity index (χ1) is 7.08. The summed E-state index contributed by atoms with van der Waals surface area (Å²) in [5.41, 5.74) is 1.20. The number of aromatic nitrogens is 2. The van der Waals surface area contributed by atoms with Crippen molar-refractivity contribution in [3.8, 4) is 0 Å². The molecule has 0 bridgehead atoms. The fraction of sp³-hybridized carbons (Fsp3) is 0.636. The Balaban J connectivity index is 2.38. The molecule has 1 aliphatic carbocycles. The van der Waals surface area contributed by atoms with E-state index in [4.69, 9.17) is 12.2 Å². The lowest BCUT2D eigenvalue weighted by atomic mass is 10.1. The van der Waals surface area contributed by atoms with E-state index < -0.39 is 0 Å². The van der Waals surface area contributed by atoms with Crippen LogP contribution >= 0.6 is 28.1 Å². The van der Waals surface area contributed by atoms with Gasteiger partial charge in [0, 0.05) is 11.6 Å². The Hall–Kier alpha value is -0.220. The molecule has 1 aromatic rings. The van der Waals surface area contributed by atoms with Gasteiger partial charge in [-0.1, -0.05) is 26.1 Å². The smallest absolute Gasteiger partial charge is 0.144 e. The van der Waals surface area contributed by atoms with Gasteiger partial charge in [0.15, 0.2) is 0 Å². The maximum atomic E-state index is 5.25. The van der Waals surface area contributed by atoms with Gasteiger partial charge in [0.2, 0.25) is 0 Å². The topological polar surface area (TPSA) is 28.7 Å². The summed E-state index contributed by atoms with van der Waals surface area (Å²) in [4.78, 5) is 7.84. The second kappa shape index (κ2) is 4.34. The quantitative estimate of drug-likeness (QED) is 0.852. The Morgan fingerprint density at radius 1 is 1.53 bits per heavy atom. The van der Waals surface area contributed by atoms with Crippen LogP contribution in [0.2, 0.25) is 0 Å². The van der Waals surface area contributed by atoms with Crippen LogP contribution in [0.3, 0.4) is 0 Å². The van der Waals surface area contributed by atoms with Crippen molar-refractivity contribution in [2.24, 2.45) is 5.92 Å². The molecule has 2 nitrogen and oxygen atoms in total. The highest BCUT2D eigenvalue weighted by Gasteiger charge is 2.26. The van der Waals surface area contributed by atoms with E-state index in [2.05, 4.69) is 39.7 Å². The van der Waals surface area contributed by atoms with Gasteiger partial charge < -0.3 is 4.98 Å². The van der Waals surface area contributed by atoms with Gasteiger partial charge in [0.1, 0.15) is 10.5 Å². The number of H-pyrrole nitrogens is 1. The summed E-state index contributed by atoms with van der Waals surface area (Å²) in [5.74, 6) is 2.34. The largest absolute Gasteiger partial charge is 0.346 e. The molecule has 1 aromatic heterocycles. The third kappa shape index (κ3) is 2.67. The SMILES string of the molecule is CC(C)Cc1[nH]c(C2CC2)nc(=S)c1Br. The van der Waals surface area contributed by atoms with Gasteiger partial charge in [0.25, 0.3) is 0 Å². The van der Waals surface area contributed by atoms with Crippen molar-refractivity contribution in [3.05, 3.63) is 20.6 Å². The summed E-state index contributed by atoms with van der Waals surface area (Å²) >= 11 is 8.76. The summed E-state index contributed by atoms with van der Waals surface area (Å²) in [6.45, 7) is 4.42. The maximum absolute atomic E-state index is 5.25. The summed E-state index contributed by atoms with van der Waals surface area (Å²) < 4.78 is 1.67. The highest BCUT2D eigenvalue weighted by molar-refractivity contribution is 9.10. The van der Waals surface area contributed by atoms with Crippen LogP contribution in [0, 0.1) is 10.6 Å². The first-order valence-electron chi connectivity index (χ1n) is 5.36. The van der Waals surface area contributed by atoms with Crippen molar-refractivity contribution < 1.29 is 0 Å². The monoisotopic (exact) mass is 286 g/mol. The standard InChI is InChI=1S/C11H15BrN2S/c1-6(2)5-8-9(12)11(15)14-10(13-8)7-3-4-7/h6-7H,3-5H2,1-2H3,(H,13,14,15). The third-order valence-electron chi connectivity index (χ3n) is 2.53. The van der Waals surface area contributed by atoms with Crippen LogP contribution in [0.1, 0.15) is 44.1 Å². The zero-order chi connectivity index (χ0) is 11.0.